The molecule has 0 atom stereocenters. The van der Waals surface area contributed by atoms with E-state index in [1.54, 1.807) is 18.3 Å². The van der Waals surface area contributed by atoms with Crippen molar-refractivity contribution in [2.75, 3.05) is 0 Å². The lowest BCUT2D eigenvalue weighted by atomic mass is 10.2. The third-order valence-corrected chi connectivity index (χ3v) is 3.01. The van der Waals surface area contributed by atoms with Crippen LogP contribution >= 0.6 is 0 Å². The average Bonchev–Trinajstić information content (AvgIpc) is 3.13. The second kappa shape index (κ2) is 4.81. The van der Waals surface area contributed by atoms with Crippen LogP contribution in [0.4, 0.5) is 5.69 Å². The maximum Gasteiger partial charge on any atom is 0.270 e. The molecule has 1 aliphatic rings. The van der Waals surface area contributed by atoms with Crippen LogP contribution in [0.5, 0.6) is 0 Å². The minimum atomic E-state index is -0.421. The fourth-order valence-corrected chi connectivity index (χ4v) is 1.82. The number of benzene rings is 1. The number of hydrogen-bond acceptors (Lipinski definition) is 5. The molecule has 0 unspecified atom stereocenters. The number of rotatable bonds is 5. The molecule has 1 aliphatic carbocycles. The number of nitro groups is 1. The molecule has 0 amide bonds. The summed E-state index contributed by atoms with van der Waals surface area (Å²) in [5, 5.41) is 14.0. The van der Waals surface area contributed by atoms with E-state index in [9.17, 15) is 10.1 Å². The topological polar surface area (TPSA) is 81.2 Å². The van der Waals surface area contributed by atoms with Crippen molar-refractivity contribution in [3.8, 4) is 11.3 Å². The van der Waals surface area contributed by atoms with E-state index in [2.05, 4.69) is 10.3 Å². The largest absolute Gasteiger partial charge is 0.439 e. The van der Waals surface area contributed by atoms with E-state index in [0.29, 0.717) is 29.8 Å². The third kappa shape index (κ3) is 2.79. The Morgan fingerprint density at radius 1 is 1.47 bits per heavy atom. The van der Waals surface area contributed by atoms with Gasteiger partial charge < -0.3 is 9.73 Å². The van der Waals surface area contributed by atoms with Crippen LogP contribution in [0, 0.1) is 10.1 Å². The number of aromatic nitrogens is 1. The number of nitrogens with zero attached hydrogens (tertiary/aromatic N) is 2. The highest BCUT2D eigenvalue weighted by Gasteiger charge is 2.21. The van der Waals surface area contributed by atoms with Crippen LogP contribution in [0.1, 0.15) is 18.7 Å². The van der Waals surface area contributed by atoms with E-state index in [0.717, 1.165) is 0 Å². The molecule has 1 aromatic carbocycles. The summed E-state index contributed by atoms with van der Waals surface area (Å²) < 4.78 is 5.59. The summed E-state index contributed by atoms with van der Waals surface area (Å²) in [5.41, 5.74) is 0.714. The van der Waals surface area contributed by atoms with Crippen LogP contribution in [0.3, 0.4) is 0 Å². The molecule has 98 valence electrons. The Labute approximate surface area is 109 Å². The summed E-state index contributed by atoms with van der Waals surface area (Å²) in [6, 6.07) is 6.94. The van der Waals surface area contributed by atoms with Gasteiger partial charge in [-0.3, -0.25) is 10.1 Å². The summed E-state index contributed by atoms with van der Waals surface area (Å²) >= 11 is 0. The Morgan fingerprint density at radius 2 is 2.32 bits per heavy atom. The Kier molecular flexibility index (Phi) is 3.00. The zero-order valence-corrected chi connectivity index (χ0v) is 10.2. The molecule has 0 aliphatic heterocycles. The Morgan fingerprint density at radius 3 is 3.05 bits per heavy atom. The predicted octanol–water partition coefficient (Wildman–Crippen LogP) is 2.50. The number of hydrogen-bond donors (Lipinski definition) is 1. The second-order valence-electron chi connectivity index (χ2n) is 4.58. The average molecular weight is 259 g/mol. The van der Waals surface area contributed by atoms with Gasteiger partial charge in [-0.1, -0.05) is 12.1 Å². The van der Waals surface area contributed by atoms with Crippen LogP contribution in [0.25, 0.3) is 11.3 Å². The van der Waals surface area contributed by atoms with Crippen molar-refractivity contribution in [2.45, 2.75) is 25.4 Å². The first-order valence-electron chi connectivity index (χ1n) is 6.15. The van der Waals surface area contributed by atoms with Crippen LogP contribution in [0.15, 0.2) is 34.9 Å². The summed E-state index contributed by atoms with van der Waals surface area (Å²) in [6.07, 6.45) is 4.01. The molecule has 19 heavy (non-hydrogen) atoms. The van der Waals surface area contributed by atoms with Crippen LogP contribution < -0.4 is 5.32 Å². The maximum absolute atomic E-state index is 10.7. The molecule has 2 aromatic rings. The van der Waals surface area contributed by atoms with E-state index >= 15 is 0 Å². The van der Waals surface area contributed by atoms with E-state index in [-0.39, 0.29) is 5.69 Å². The molecular formula is C13H13N3O3. The molecule has 1 fully saturated rings. The van der Waals surface area contributed by atoms with Gasteiger partial charge in [0.15, 0.2) is 5.76 Å². The second-order valence-corrected chi connectivity index (χ2v) is 4.58. The van der Waals surface area contributed by atoms with Gasteiger partial charge in [0.2, 0.25) is 5.89 Å². The molecule has 3 rings (SSSR count). The van der Waals surface area contributed by atoms with Gasteiger partial charge in [-0.25, -0.2) is 4.98 Å². The summed E-state index contributed by atoms with van der Waals surface area (Å²) in [5.74, 6) is 1.16. The normalized spacial score (nSPS) is 14.5. The third-order valence-electron chi connectivity index (χ3n) is 3.01. The SMILES string of the molecule is O=[N+]([O-])c1cccc(-c2cnc(CNC3CC3)o2)c1. The molecule has 1 heterocycles. The maximum atomic E-state index is 10.7. The van der Waals surface area contributed by atoms with E-state index in [1.807, 2.05) is 0 Å². The highest BCUT2D eigenvalue weighted by atomic mass is 16.6. The molecule has 1 saturated carbocycles. The fourth-order valence-electron chi connectivity index (χ4n) is 1.82. The van der Waals surface area contributed by atoms with E-state index < -0.39 is 4.92 Å². The van der Waals surface area contributed by atoms with Gasteiger partial charge in [0.25, 0.3) is 5.69 Å². The lowest BCUT2D eigenvalue weighted by molar-refractivity contribution is -0.384. The Bertz CT molecular complexity index is 605. The molecule has 0 spiro atoms. The van der Waals surface area contributed by atoms with Gasteiger partial charge in [-0.15, -0.1) is 0 Å². The highest BCUT2D eigenvalue weighted by Crippen LogP contribution is 2.25. The number of nitrogens with one attached hydrogen (secondary N) is 1. The van der Waals surface area contributed by atoms with Crippen LogP contribution in [-0.4, -0.2) is 15.9 Å². The van der Waals surface area contributed by atoms with Crippen molar-refractivity contribution in [3.63, 3.8) is 0 Å². The quantitative estimate of drug-likeness (QED) is 0.659. The van der Waals surface area contributed by atoms with Gasteiger partial charge in [0.05, 0.1) is 17.7 Å². The monoisotopic (exact) mass is 259 g/mol. The zero-order valence-electron chi connectivity index (χ0n) is 10.2. The molecule has 1 aromatic heterocycles. The molecule has 6 nitrogen and oxygen atoms in total. The number of nitro benzene ring substituents is 1. The lowest BCUT2D eigenvalue weighted by Gasteiger charge is -1.98. The van der Waals surface area contributed by atoms with Crippen LogP contribution in [0.2, 0.25) is 0 Å². The standard InChI is InChI=1S/C13H13N3O3/c17-16(18)11-3-1-2-9(6-11)12-7-15-13(19-12)8-14-10-4-5-10/h1-3,6-7,10,14H,4-5,8H2. The van der Waals surface area contributed by atoms with Crippen molar-refractivity contribution < 1.29 is 9.34 Å². The molecule has 0 radical (unpaired) electrons. The van der Waals surface area contributed by atoms with E-state index in [4.69, 9.17) is 4.42 Å². The smallest absolute Gasteiger partial charge is 0.270 e. The Hall–Kier alpha value is -2.21. The van der Waals surface area contributed by atoms with Gasteiger partial charge in [-0.2, -0.15) is 0 Å². The molecule has 0 bridgehead atoms. The molecule has 0 saturated heterocycles. The molecular weight excluding hydrogens is 246 g/mol. The minimum Gasteiger partial charge on any atom is -0.439 e. The van der Waals surface area contributed by atoms with Gasteiger partial charge in [0.1, 0.15) is 0 Å². The first-order chi connectivity index (χ1) is 9.22. The first kappa shape index (κ1) is 11.9. The van der Waals surface area contributed by atoms with Gasteiger partial charge in [0, 0.05) is 23.7 Å². The highest BCUT2D eigenvalue weighted by molar-refractivity contribution is 5.60. The fraction of sp³-hybridized carbons (Fsp3) is 0.308. The van der Waals surface area contributed by atoms with Crippen molar-refractivity contribution in [3.05, 3.63) is 46.5 Å². The summed E-state index contributed by atoms with van der Waals surface area (Å²) in [7, 11) is 0. The van der Waals surface area contributed by atoms with Crippen molar-refractivity contribution in [1.82, 2.24) is 10.3 Å². The lowest BCUT2D eigenvalue weighted by Crippen LogP contribution is -2.15. The molecule has 1 N–H and O–H groups in total. The number of non-ortho nitro benzene ring substituents is 1. The zero-order chi connectivity index (χ0) is 13.2. The molecule has 6 heteroatoms. The van der Waals surface area contributed by atoms with Gasteiger partial charge in [-0.05, 0) is 12.8 Å². The van der Waals surface area contributed by atoms with Gasteiger partial charge >= 0.3 is 0 Å². The van der Waals surface area contributed by atoms with Crippen molar-refractivity contribution in [2.24, 2.45) is 0 Å². The first-order valence-corrected chi connectivity index (χ1v) is 6.15. The summed E-state index contributed by atoms with van der Waals surface area (Å²) in [6.45, 7) is 0.597. The van der Waals surface area contributed by atoms with Crippen LogP contribution in [-0.2, 0) is 6.54 Å². The van der Waals surface area contributed by atoms with E-state index in [1.165, 1.54) is 25.0 Å². The minimum absolute atomic E-state index is 0.0477. The number of oxazole rings is 1. The Balaban J connectivity index is 1.77. The predicted molar refractivity (Wildman–Crippen MR) is 68.5 cm³/mol. The van der Waals surface area contributed by atoms with Crippen molar-refractivity contribution >= 4 is 5.69 Å². The summed E-state index contributed by atoms with van der Waals surface area (Å²) in [4.78, 5) is 14.5. The van der Waals surface area contributed by atoms with Crippen molar-refractivity contribution in [1.29, 1.82) is 0 Å².